The number of halogens is 3. The Bertz CT molecular complexity index is 1250. The minimum atomic E-state index is -0.572. The third-order valence-electron chi connectivity index (χ3n) is 5.55. The van der Waals surface area contributed by atoms with Gasteiger partial charge in [-0.2, -0.15) is 11.8 Å². The molecule has 0 spiro atoms. The molecule has 1 aliphatic rings. The first-order chi connectivity index (χ1) is 18.2. The van der Waals surface area contributed by atoms with Crippen molar-refractivity contribution in [3.63, 3.8) is 0 Å². The third kappa shape index (κ3) is 7.85. The van der Waals surface area contributed by atoms with Crippen molar-refractivity contribution in [3.05, 3.63) is 81.7 Å². The van der Waals surface area contributed by atoms with Crippen LogP contribution >= 0.6 is 35.0 Å². The number of ether oxygens (including phenoxy) is 1. The first kappa shape index (κ1) is 29.7. The highest BCUT2D eigenvalue weighted by Crippen LogP contribution is 2.33. The van der Waals surface area contributed by atoms with E-state index in [0.29, 0.717) is 38.2 Å². The van der Waals surface area contributed by atoms with Gasteiger partial charge in [-0.05, 0) is 37.3 Å². The number of nitrogen functional groups attached to an aromatic ring is 1. The fourth-order valence-electron chi connectivity index (χ4n) is 3.71. The Morgan fingerprint density at radius 3 is 2.42 bits per heavy atom. The van der Waals surface area contributed by atoms with Crippen molar-refractivity contribution < 1.29 is 9.13 Å². The van der Waals surface area contributed by atoms with Gasteiger partial charge < -0.3 is 20.8 Å². The second-order valence-electron chi connectivity index (χ2n) is 8.64. The van der Waals surface area contributed by atoms with E-state index in [2.05, 4.69) is 28.7 Å². The van der Waals surface area contributed by atoms with Gasteiger partial charge in [0.25, 0.3) is 0 Å². The summed E-state index contributed by atoms with van der Waals surface area (Å²) in [6.07, 6.45) is 6.37. The summed E-state index contributed by atoms with van der Waals surface area (Å²) < 4.78 is 20.9. The molecule has 0 aliphatic carbocycles. The van der Waals surface area contributed by atoms with Crippen LogP contribution in [0.5, 0.6) is 5.75 Å². The zero-order chi connectivity index (χ0) is 27.7. The Balaban J connectivity index is 0.00000127. The van der Waals surface area contributed by atoms with Gasteiger partial charge in [-0.15, -0.1) is 0 Å². The van der Waals surface area contributed by atoms with E-state index in [9.17, 15) is 4.39 Å². The van der Waals surface area contributed by atoms with Crippen LogP contribution in [0.2, 0.25) is 10.0 Å². The average molecular weight is 577 g/mol. The van der Waals surface area contributed by atoms with Gasteiger partial charge in [-0.25, -0.2) is 9.37 Å². The van der Waals surface area contributed by atoms with Crippen molar-refractivity contribution in [2.75, 3.05) is 35.2 Å². The van der Waals surface area contributed by atoms with Crippen LogP contribution in [-0.2, 0) is 0 Å². The summed E-state index contributed by atoms with van der Waals surface area (Å²) in [4.78, 5) is 10.5. The fourth-order valence-corrected chi connectivity index (χ4v) is 5.28. The normalized spacial score (nSPS) is 14.4. The van der Waals surface area contributed by atoms with Crippen LogP contribution < -0.4 is 15.4 Å². The van der Waals surface area contributed by atoms with Gasteiger partial charge in [-0.1, -0.05) is 43.5 Å². The van der Waals surface area contributed by atoms with E-state index >= 15 is 0 Å². The van der Waals surface area contributed by atoms with Gasteiger partial charge in [-0.3, -0.25) is 4.98 Å². The number of benzene rings is 1. The van der Waals surface area contributed by atoms with Crippen LogP contribution in [0.3, 0.4) is 0 Å². The third-order valence-corrected chi connectivity index (χ3v) is 7.10. The fraction of sp³-hybridized carbons (Fsp3) is 0.321. The van der Waals surface area contributed by atoms with E-state index in [1.54, 1.807) is 31.2 Å². The quantitative estimate of drug-likeness (QED) is 0.220. The predicted molar refractivity (Wildman–Crippen MR) is 160 cm³/mol. The number of anilines is 2. The molecule has 0 saturated carbocycles. The summed E-state index contributed by atoms with van der Waals surface area (Å²) in [5.74, 6) is 2.81. The highest BCUT2D eigenvalue weighted by atomic mass is 35.5. The maximum absolute atomic E-state index is 15.0. The number of aromatic nitrogens is 2. The second kappa shape index (κ2) is 14.4. The summed E-state index contributed by atoms with van der Waals surface area (Å²) in [5.41, 5.74) is 7.56. The molecule has 202 valence electrons. The van der Waals surface area contributed by atoms with Crippen LogP contribution in [0.1, 0.15) is 50.0 Å². The highest BCUT2D eigenvalue weighted by Gasteiger charge is 2.17. The molecule has 1 unspecified atom stereocenters. The van der Waals surface area contributed by atoms with E-state index in [1.807, 2.05) is 17.8 Å². The Kier molecular flexibility index (Phi) is 11.2. The lowest BCUT2D eigenvalue weighted by Gasteiger charge is -2.27. The Labute approximate surface area is 237 Å². The number of hydrogen-bond acceptors (Lipinski definition) is 7. The molecule has 4 rings (SSSR count). The van der Waals surface area contributed by atoms with Gasteiger partial charge in [0.1, 0.15) is 23.5 Å². The maximum Gasteiger partial charge on any atom is 0.134 e. The average Bonchev–Trinajstić information content (AvgIpc) is 2.90. The number of nitrogens with two attached hydrogens (primary N) is 1. The molecule has 1 aliphatic heterocycles. The molecule has 3 aromatic rings. The van der Waals surface area contributed by atoms with Crippen LogP contribution in [-0.4, -0.2) is 40.3 Å². The van der Waals surface area contributed by atoms with Crippen molar-refractivity contribution in [3.8, 4) is 5.75 Å². The molecule has 3 N–H and O–H groups in total. The SMILES string of the molecule is CC(Oc1ccc(N)c(C(=N)/C=C(\F)c2ccc(N3CCSCC3)nc2)c1)c1c(Cl)cncc1Cl.CCC. The number of hydrogen-bond donors (Lipinski definition) is 2. The van der Waals surface area contributed by atoms with E-state index < -0.39 is 11.9 Å². The van der Waals surface area contributed by atoms with Gasteiger partial charge in [0.05, 0.1) is 15.8 Å². The second-order valence-corrected chi connectivity index (χ2v) is 10.7. The van der Waals surface area contributed by atoms with Gasteiger partial charge >= 0.3 is 0 Å². The summed E-state index contributed by atoms with van der Waals surface area (Å²) in [6, 6.07) is 8.36. The number of allylic oxidation sites excluding steroid dienone is 1. The summed E-state index contributed by atoms with van der Waals surface area (Å²) in [7, 11) is 0. The smallest absolute Gasteiger partial charge is 0.134 e. The number of thioether (sulfide) groups is 1. The zero-order valence-corrected chi connectivity index (χ0v) is 24.0. The summed E-state index contributed by atoms with van der Waals surface area (Å²) in [6.45, 7) is 7.90. The van der Waals surface area contributed by atoms with Crippen molar-refractivity contribution in [2.45, 2.75) is 33.3 Å². The predicted octanol–water partition coefficient (Wildman–Crippen LogP) is 7.85. The molecule has 1 aromatic carbocycles. The van der Waals surface area contributed by atoms with Crippen LogP contribution in [0.4, 0.5) is 15.9 Å². The molecule has 10 heteroatoms. The minimum absolute atomic E-state index is 0.0878. The molecule has 0 bridgehead atoms. The number of rotatable bonds is 7. The number of nitrogens with one attached hydrogen (secondary N) is 1. The molecule has 38 heavy (non-hydrogen) atoms. The molecule has 0 radical (unpaired) electrons. The first-order valence-corrected chi connectivity index (χ1v) is 14.3. The molecule has 1 fully saturated rings. The van der Waals surface area contributed by atoms with Crippen LogP contribution in [0.25, 0.3) is 5.83 Å². The van der Waals surface area contributed by atoms with Crippen molar-refractivity contribution in [1.82, 2.24) is 9.97 Å². The van der Waals surface area contributed by atoms with Crippen molar-refractivity contribution in [1.29, 1.82) is 5.41 Å². The maximum atomic E-state index is 15.0. The lowest BCUT2D eigenvalue weighted by molar-refractivity contribution is 0.227. The molecule has 2 aromatic heterocycles. The molecule has 0 amide bonds. The molecule has 3 heterocycles. The van der Waals surface area contributed by atoms with Gasteiger partial charge in [0, 0.05) is 71.6 Å². The Morgan fingerprint density at radius 2 is 1.82 bits per heavy atom. The summed E-state index contributed by atoms with van der Waals surface area (Å²) in [5, 5.41) is 9.20. The van der Waals surface area contributed by atoms with E-state index in [1.165, 1.54) is 25.0 Å². The zero-order valence-electron chi connectivity index (χ0n) is 21.7. The molecular formula is C28H32Cl2FN5OS. The standard InChI is InChI=1S/C25H24Cl2FN5OS.C3H8/c1-15(25-19(26)13-31-14-20(25)27)34-17-3-4-22(29)18(10-17)23(30)11-21(28)16-2-5-24(32-12-16)33-6-8-35-9-7-33;1-3-2/h2-5,10-15,30H,6-9,29H2,1H3;3H2,1-2H3/b21-11-,30-23?;. The van der Waals surface area contributed by atoms with Crippen molar-refractivity contribution in [2.24, 2.45) is 0 Å². The topological polar surface area (TPSA) is 88.1 Å². The van der Waals surface area contributed by atoms with E-state index in [4.69, 9.17) is 39.1 Å². The van der Waals surface area contributed by atoms with E-state index in [-0.39, 0.29) is 5.71 Å². The van der Waals surface area contributed by atoms with Gasteiger partial charge in [0.15, 0.2) is 0 Å². The van der Waals surface area contributed by atoms with Gasteiger partial charge in [0.2, 0.25) is 0 Å². The molecule has 1 atom stereocenters. The molecular weight excluding hydrogens is 544 g/mol. The van der Waals surface area contributed by atoms with E-state index in [0.717, 1.165) is 36.5 Å². The first-order valence-electron chi connectivity index (χ1n) is 12.3. The van der Waals surface area contributed by atoms with Crippen molar-refractivity contribution >= 4 is 58.0 Å². The largest absolute Gasteiger partial charge is 0.486 e. The number of pyridine rings is 2. The minimum Gasteiger partial charge on any atom is -0.486 e. The number of nitrogens with zero attached hydrogens (tertiary/aromatic N) is 3. The monoisotopic (exact) mass is 575 g/mol. The molecule has 1 saturated heterocycles. The lowest BCUT2D eigenvalue weighted by atomic mass is 10.1. The van der Waals surface area contributed by atoms with Crippen LogP contribution in [0, 0.1) is 5.41 Å². The highest BCUT2D eigenvalue weighted by molar-refractivity contribution is 7.99. The molecule has 6 nitrogen and oxygen atoms in total. The summed E-state index contributed by atoms with van der Waals surface area (Å²) >= 11 is 14.4. The Hall–Kier alpha value is -2.81. The Morgan fingerprint density at radius 1 is 1.16 bits per heavy atom. The lowest BCUT2D eigenvalue weighted by Crippen LogP contribution is -2.32. The van der Waals surface area contributed by atoms with Crippen LogP contribution in [0.15, 0.2) is 55.0 Å².